The molecule has 0 bridgehead atoms. The highest BCUT2D eigenvalue weighted by atomic mass is 16.5. The molecule has 2 N–H and O–H groups in total. The van der Waals surface area contributed by atoms with Crippen molar-refractivity contribution in [1.82, 2.24) is 25.3 Å². The molecular weight excluding hydrogens is 408 g/mol. The third-order valence-electron chi connectivity index (χ3n) is 5.55. The summed E-state index contributed by atoms with van der Waals surface area (Å²) in [6.45, 7) is 5.47. The van der Waals surface area contributed by atoms with Crippen molar-refractivity contribution in [2.24, 2.45) is 0 Å². The number of hydrogen-bond donors (Lipinski definition) is 2. The predicted molar refractivity (Wildman–Crippen MR) is 119 cm³/mol. The van der Waals surface area contributed by atoms with Crippen LogP contribution < -0.4 is 10.6 Å². The molecule has 9 nitrogen and oxygen atoms in total. The van der Waals surface area contributed by atoms with Crippen LogP contribution in [0, 0.1) is 6.92 Å². The van der Waals surface area contributed by atoms with Crippen LogP contribution in [0.5, 0.6) is 0 Å². The molecule has 0 aliphatic carbocycles. The van der Waals surface area contributed by atoms with Gasteiger partial charge in [-0.25, -0.2) is 4.79 Å². The second-order valence-electron chi connectivity index (χ2n) is 7.75. The van der Waals surface area contributed by atoms with E-state index in [1.54, 1.807) is 23.2 Å². The van der Waals surface area contributed by atoms with Crippen LogP contribution in [0.3, 0.4) is 0 Å². The summed E-state index contributed by atoms with van der Waals surface area (Å²) in [7, 11) is 0. The van der Waals surface area contributed by atoms with Crippen LogP contribution in [0.2, 0.25) is 0 Å². The summed E-state index contributed by atoms with van der Waals surface area (Å²) in [5.74, 6) is 1.000. The molecule has 1 aromatic carbocycles. The second-order valence-corrected chi connectivity index (χ2v) is 7.75. The normalized spacial score (nSPS) is 14.2. The van der Waals surface area contributed by atoms with E-state index in [-0.39, 0.29) is 17.9 Å². The molecule has 166 valence electrons. The van der Waals surface area contributed by atoms with Gasteiger partial charge in [-0.15, -0.1) is 0 Å². The molecule has 3 heterocycles. The zero-order valence-corrected chi connectivity index (χ0v) is 18.2. The molecule has 32 heavy (non-hydrogen) atoms. The number of hydrogen-bond acceptors (Lipinski definition) is 6. The number of rotatable bonds is 5. The van der Waals surface area contributed by atoms with E-state index < -0.39 is 0 Å². The summed E-state index contributed by atoms with van der Waals surface area (Å²) in [6.07, 6.45) is 3.15. The van der Waals surface area contributed by atoms with E-state index in [0.29, 0.717) is 48.3 Å². The van der Waals surface area contributed by atoms with Crippen LogP contribution in [0.15, 0.2) is 47.1 Å². The van der Waals surface area contributed by atoms with Crippen molar-refractivity contribution in [3.8, 4) is 11.5 Å². The first-order valence-corrected chi connectivity index (χ1v) is 10.7. The van der Waals surface area contributed by atoms with E-state index in [1.165, 1.54) is 0 Å². The fraction of sp³-hybridized carbons (Fsp3) is 0.348. The maximum atomic E-state index is 12.8. The van der Waals surface area contributed by atoms with E-state index in [0.717, 1.165) is 18.4 Å². The summed E-state index contributed by atoms with van der Waals surface area (Å²) in [5, 5.41) is 9.76. The Morgan fingerprint density at radius 2 is 2.00 bits per heavy atom. The predicted octanol–water partition coefficient (Wildman–Crippen LogP) is 3.60. The molecule has 0 radical (unpaired) electrons. The number of likely N-dealkylation sites (tertiary alicyclic amines) is 1. The molecule has 1 fully saturated rings. The molecular formula is C23H26N6O3. The van der Waals surface area contributed by atoms with Crippen molar-refractivity contribution >= 4 is 17.6 Å². The van der Waals surface area contributed by atoms with Gasteiger partial charge in [0.1, 0.15) is 5.69 Å². The minimum Gasteiger partial charge on any atom is -0.352 e. The Bertz CT molecular complexity index is 1090. The molecule has 0 spiro atoms. The highest BCUT2D eigenvalue weighted by molar-refractivity contribution is 5.97. The monoisotopic (exact) mass is 434 g/mol. The second kappa shape index (κ2) is 9.59. The third-order valence-corrected chi connectivity index (χ3v) is 5.55. The molecule has 3 aromatic rings. The fourth-order valence-corrected chi connectivity index (χ4v) is 3.68. The average Bonchev–Trinajstić information content (AvgIpc) is 3.32. The van der Waals surface area contributed by atoms with Gasteiger partial charge in [-0.2, -0.15) is 4.98 Å². The molecule has 0 saturated carbocycles. The number of benzene rings is 1. The molecule has 1 saturated heterocycles. The van der Waals surface area contributed by atoms with Gasteiger partial charge in [0.25, 0.3) is 5.91 Å². The summed E-state index contributed by atoms with van der Waals surface area (Å²) in [4.78, 5) is 35.4. The minimum absolute atomic E-state index is 0.104. The molecule has 4 rings (SSSR count). The summed E-state index contributed by atoms with van der Waals surface area (Å²) in [5.41, 5.74) is 2.73. The Kier molecular flexibility index (Phi) is 6.44. The number of aryl methyl sites for hydroxylation is 1. The van der Waals surface area contributed by atoms with Gasteiger partial charge in [-0.1, -0.05) is 17.3 Å². The lowest BCUT2D eigenvalue weighted by molar-refractivity contribution is 0.0955. The zero-order chi connectivity index (χ0) is 22.5. The van der Waals surface area contributed by atoms with Crippen LogP contribution >= 0.6 is 0 Å². The fourth-order valence-electron chi connectivity index (χ4n) is 3.68. The number of carbonyl (C=O) groups excluding carboxylic acids is 2. The van der Waals surface area contributed by atoms with Crippen LogP contribution in [0.1, 0.15) is 47.5 Å². The lowest BCUT2D eigenvalue weighted by Gasteiger charge is -2.30. The number of nitrogens with one attached hydrogen (secondary N) is 2. The van der Waals surface area contributed by atoms with Gasteiger partial charge in [0.05, 0.1) is 0 Å². The largest absolute Gasteiger partial charge is 0.352 e. The number of carbonyl (C=O) groups is 2. The average molecular weight is 435 g/mol. The molecule has 9 heteroatoms. The van der Waals surface area contributed by atoms with Crippen LogP contribution in [-0.4, -0.2) is 51.6 Å². The van der Waals surface area contributed by atoms with Crippen molar-refractivity contribution < 1.29 is 14.1 Å². The van der Waals surface area contributed by atoms with Gasteiger partial charge in [-0.05, 0) is 56.5 Å². The maximum absolute atomic E-state index is 12.8. The van der Waals surface area contributed by atoms with Gasteiger partial charge in [-0.3, -0.25) is 9.78 Å². The lowest BCUT2D eigenvalue weighted by atomic mass is 9.97. The first kappa shape index (κ1) is 21.5. The Morgan fingerprint density at radius 3 is 2.72 bits per heavy atom. The Hall–Kier alpha value is -3.75. The Labute approximate surface area is 186 Å². The van der Waals surface area contributed by atoms with E-state index in [2.05, 4.69) is 25.8 Å². The third kappa shape index (κ3) is 4.77. The summed E-state index contributed by atoms with van der Waals surface area (Å²) < 4.78 is 5.46. The van der Waals surface area contributed by atoms with E-state index in [9.17, 15) is 9.59 Å². The molecule has 1 aliphatic heterocycles. The minimum atomic E-state index is -0.181. The van der Waals surface area contributed by atoms with E-state index in [4.69, 9.17) is 4.52 Å². The van der Waals surface area contributed by atoms with Crippen LogP contribution in [0.4, 0.5) is 10.5 Å². The van der Waals surface area contributed by atoms with Crippen LogP contribution in [-0.2, 0) is 0 Å². The number of urea groups is 1. The highest BCUT2D eigenvalue weighted by Gasteiger charge is 2.28. The topological polar surface area (TPSA) is 113 Å². The molecule has 2 aromatic heterocycles. The Morgan fingerprint density at radius 1 is 1.19 bits per heavy atom. The van der Waals surface area contributed by atoms with Crippen molar-refractivity contribution in [3.63, 3.8) is 0 Å². The number of anilines is 1. The van der Waals surface area contributed by atoms with Gasteiger partial charge < -0.3 is 20.1 Å². The van der Waals surface area contributed by atoms with Gasteiger partial charge >= 0.3 is 6.03 Å². The van der Waals surface area contributed by atoms with Gasteiger partial charge in [0.15, 0.2) is 0 Å². The number of amides is 3. The summed E-state index contributed by atoms with van der Waals surface area (Å²) in [6, 6.07) is 10.7. The number of nitrogens with zero attached hydrogens (tertiary/aromatic N) is 4. The van der Waals surface area contributed by atoms with Crippen molar-refractivity contribution in [2.45, 2.75) is 32.6 Å². The standard InChI is InChI=1S/C23H26N6O3/c1-3-24-21(30)17-8-7-15(2)19(14-17)26-23(31)29-12-9-16(10-13-29)22-27-20(28-32-22)18-6-4-5-11-25-18/h4-8,11,14,16H,3,9-10,12-13H2,1-2H3,(H,24,30)(H,26,31). The molecule has 3 amide bonds. The van der Waals surface area contributed by atoms with E-state index in [1.807, 2.05) is 38.1 Å². The Balaban J connectivity index is 1.36. The van der Waals surface area contributed by atoms with Crippen LogP contribution in [0.25, 0.3) is 11.5 Å². The smallest absolute Gasteiger partial charge is 0.321 e. The number of aromatic nitrogens is 3. The molecule has 1 aliphatic rings. The van der Waals surface area contributed by atoms with Gasteiger partial charge in [0, 0.05) is 43.0 Å². The summed E-state index contributed by atoms with van der Waals surface area (Å²) >= 11 is 0. The highest BCUT2D eigenvalue weighted by Crippen LogP contribution is 2.28. The first-order valence-electron chi connectivity index (χ1n) is 10.7. The lowest BCUT2D eigenvalue weighted by Crippen LogP contribution is -2.40. The van der Waals surface area contributed by atoms with Gasteiger partial charge in [0.2, 0.25) is 11.7 Å². The maximum Gasteiger partial charge on any atom is 0.321 e. The molecule has 0 atom stereocenters. The van der Waals surface area contributed by atoms with Crippen molar-refractivity contribution in [1.29, 1.82) is 0 Å². The molecule has 0 unspecified atom stereocenters. The van der Waals surface area contributed by atoms with Crippen molar-refractivity contribution in [2.75, 3.05) is 25.0 Å². The number of piperidine rings is 1. The quantitative estimate of drug-likeness (QED) is 0.634. The van der Waals surface area contributed by atoms with E-state index >= 15 is 0 Å². The van der Waals surface area contributed by atoms with Crippen molar-refractivity contribution in [3.05, 3.63) is 59.6 Å². The first-order chi connectivity index (χ1) is 15.5. The SMILES string of the molecule is CCNC(=O)c1ccc(C)c(NC(=O)N2CCC(c3nc(-c4ccccn4)no3)CC2)c1. The number of pyridine rings is 1. The zero-order valence-electron chi connectivity index (χ0n) is 18.2.